The summed E-state index contributed by atoms with van der Waals surface area (Å²) in [7, 11) is 1.88. The molecule has 0 unspecified atom stereocenters. The van der Waals surface area contributed by atoms with Crippen molar-refractivity contribution >= 4 is 16.7 Å². The second-order valence-electron chi connectivity index (χ2n) is 9.05. The third kappa shape index (κ3) is 4.51. The van der Waals surface area contributed by atoms with Crippen molar-refractivity contribution in [3.05, 3.63) is 88.2 Å². The number of nitrogens with zero attached hydrogens (tertiary/aromatic N) is 3. The average molecular weight is 459 g/mol. The van der Waals surface area contributed by atoms with Crippen LogP contribution in [-0.2, 0) is 13.6 Å². The molecule has 1 amide bonds. The lowest BCUT2D eigenvalue weighted by Gasteiger charge is -2.22. The summed E-state index contributed by atoms with van der Waals surface area (Å²) in [5.41, 5.74) is 2.64. The fourth-order valence-corrected chi connectivity index (χ4v) is 4.81. The molecule has 34 heavy (non-hydrogen) atoms. The number of fused-ring (bicyclic) bond motifs is 1. The van der Waals surface area contributed by atoms with Crippen molar-refractivity contribution in [3.63, 3.8) is 0 Å². The normalized spacial score (nSPS) is 14.4. The molecule has 1 aliphatic carbocycles. The summed E-state index contributed by atoms with van der Waals surface area (Å²) in [5, 5.41) is 8.64. The van der Waals surface area contributed by atoms with E-state index in [1.54, 1.807) is 27.7 Å². The summed E-state index contributed by atoms with van der Waals surface area (Å²) in [6, 6.07) is 13.9. The lowest BCUT2D eigenvalue weighted by Crippen LogP contribution is -2.36. The van der Waals surface area contributed by atoms with E-state index in [-0.39, 0.29) is 29.6 Å². The van der Waals surface area contributed by atoms with Gasteiger partial charge in [0, 0.05) is 42.0 Å². The summed E-state index contributed by atoms with van der Waals surface area (Å²) in [5.74, 6) is -0.748. The third-order valence-corrected chi connectivity index (χ3v) is 6.61. The van der Waals surface area contributed by atoms with Crippen LogP contribution in [0.5, 0.6) is 0 Å². The van der Waals surface area contributed by atoms with E-state index in [2.05, 4.69) is 10.4 Å². The van der Waals surface area contributed by atoms with Crippen LogP contribution in [0.25, 0.3) is 22.0 Å². The highest BCUT2D eigenvalue weighted by Crippen LogP contribution is 2.23. The largest absolute Gasteiger partial charge is 0.349 e. The Labute approximate surface area is 197 Å². The van der Waals surface area contributed by atoms with Crippen LogP contribution in [-0.4, -0.2) is 26.3 Å². The van der Waals surface area contributed by atoms with Crippen molar-refractivity contribution in [2.75, 3.05) is 0 Å². The van der Waals surface area contributed by atoms with Gasteiger partial charge in [-0.15, -0.1) is 0 Å². The Bertz CT molecular complexity index is 1420. The lowest BCUT2D eigenvalue weighted by molar-refractivity contribution is 0.0927. The van der Waals surface area contributed by atoms with Gasteiger partial charge in [0.25, 0.3) is 11.5 Å². The highest BCUT2D eigenvalue weighted by Gasteiger charge is 2.18. The van der Waals surface area contributed by atoms with Crippen LogP contribution in [0.1, 0.15) is 48.0 Å². The summed E-state index contributed by atoms with van der Waals surface area (Å²) in [6.07, 6.45) is 8.78. The number of halogens is 1. The Morgan fingerprint density at radius 2 is 1.91 bits per heavy atom. The molecule has 7 heteroatoms. The molecule has 2 aromatic carbocycles. The first kappa shape index (κ1) is 22.1. The van der Waals surface area contributed by atoms with Crippen LogP contribution in [0.4, 0.5) is 4.39 Å². The molecular weight excluding hydrogens is 431 g/mol. The van der Waals surface area contributed by atoms with E-state index in [1.807, 2.05) is 37.4 Å². The van der Waals surface area contributed by atoms with Crippen molar-refractivity contribution in [1.29, 1.82) is 0 Å². The Balaban J connectivity index is 1.40. The van der Waals surface area contributed by atoms with Crippen LogP contribution in [0.3, 0.4) is 0 Å². The maximum absolute atomic E-state index is 14.4. The molecule has 0 saturated heterocycles. The maximum atomic E-state index is 14.4. The van der Waals surface area contributed by atoms with Crippen LogP contribution in [0, 0.1) is 5.82 Å². The molecule has 1 N–H and O–H groups in total. The predicted molar refractivity (Wildman–Crippen MR) is 130 cm³/mol. The summed E-state index contributed by atoms with van der Waals surface area (Å²) in [4.78, 5) is 25.8. The Kier molecular flexibility index (Phi) is 6.01. The molecule has 4 aromatic rings. The number of benzene rings is 2. The van der Waals surface area contributed by atoms with Gasteiger partial charge in [-0.05, 0) is 66.3 Å². The van der Waals surface area contributed by atoms with Crippen LogP contribution >= 0.6 is 0 Å². The number of rotatable bonds is 5. The molecule has 1 saturated carbocycles. The standard InChI is InChI=1S/C27H27FN4O2/c1-31-25(9-11-29-31)20-7-8-24-19(15-20)10-12-32(27(24)34)17-18-13-21(16-22(28)14-18)26(33)30-23-5-3-2-4-6-23/h7-16,23H,2-6,17H2,1H3,(H,30,33). The number of carbonyl (C=O) groups is 1. The zero-order valence-corrected chi connectivity index (χ0v) is 19.1. The number of pyridine rings is 1. The molecule has 174 valence electrons. The van der Waals surface area contributed by atoms with E-state index in [0.29, 0.717) is 10.9 Å². The number of aromatic nitrogens is 3. The first-order chi connectivity index (χ1) is 16.5. The van der Waals surface area contributed by atoms with Crippen molar-refractivity contribution in [1.82, 2.24) is 19.7 Å². The van der Waals surface area contributed by atoms with E-state index >= 15 is 0 Å². The zero-order chi connectivity index (χ0) is 23.7. The van der Waals surface area contributed by atoms with E-state index in [1.165, 1.54) is 18.6 Å². The number of hydrogen-bond acceptors (Lipinski definition) is 3. The number of nitrogens with one attached hydrogen (secondary N) is 1. The molecule has 6 nitrogen and oxygen atoms in total. The van der Waals surface area contributed by atoms with Gasteiger partial charge in [0.1, 0.15) is 5.82 Å². The Morgan fingerprint density at radius 3 is 2.68 bits per heavy atom. The van der Waals surface area contributed by atoms with Gasteiger partial charge in [-0.25, -0.2) is 4.39 Å². The van der Waals surface area contributed by atoms with Gasteiger partial charge in [-0.1, -0.05) is 25.3 Å². The highest BCUT2D eigenvalue weighted by atomic mass is 19.1. The fraction of sp³-hybridized carbons (Fsp3) is 0.296. The van der Waals surface area contributed by atoms with Crippen molar-refractivity contribution < 1.29 is 9.18 Å². The molecule has 2 aromatic heterocycles. The molecule has 0 bridgehead atoms. The van der Waals surface area contributed by atoms with Gasteiger partial charge in [-0.3, -0.25) is 14.3 Å². The van der Waals surface area contributed by atoms with Crippen molar-refractivity contribution in [2.24, 2.45) is 7.05 Å². The molecule has 0 spiro atoms. The van der Waals surface area contributed by atoms with Gasteiger partial charge >= 0.3 is 0 Å². The Hall–Kier alpha value is -3.74. The van der Waals surface area contributed by atoms with Crippen LogP contribution in [0.15, 0.2) is 65.7 Å². The minimum atomic E-state index is -0.485. The SMILES string of the molecule is Cn1nccc1-c1ccc2c(=O)n(Cc3cc(F)cc(C(=O)NC4CCCCC4)c3)ccc2c1. The molecule has 1 fully saturated rings. The van der Waals surface area contributed by atoms with Gasteiger partial charge in [0.15, 0.2) is 0 Å². The highest BCUT2D eigenvalue weighted by molar-refractivity contribution is 5.94. The van der Waals surface area contributed by atoms with Gasteiger partial charge in [-0.2, -0.15) is 5.10 Å². The lowest BCUT2D eigenvalue weighted by atomic mass is 9.95. The van der Waals surface area contributed by atoms with Crippen LogP contribution < -0.4 is 10.9 Å². The third-order valence-electron chi connectivity index (χ3n) is 6.61. The second kappa shape index (κ2) is 9.25. The van der Waals surface area contributed by atoms with E-state index in [9.17, 15) is 14.0 Å². The number of hydrogen-bond donors (Lipinski definition) is 1. The Morgan fingerprint density at radius 1 is 1.09 bits per heavy atom. The first-order valence-electron chi connectivity index (χ1n) is 11.7. The molecule has 0 aliphatic heterocycles. The van der Waals surface area contributed by atoms with Crippen molar-refractivity contribution in [3.8, 4) is 11.3 Å². The first-order valence-corrected chi connectivity index (χ1v) is 11.7. The van der Waals surface area contributed by atoms with E-state index in [4.69, 9.17) is 0 Å². The van der Waals surface area contributed by atoms with Gasteiger partial charge in [0.05, 0.1) is 12.2 Å². The quantitative estimate of drug-likeness (QED) is 0.473. The maximum Gasteiger partial charge on any atom is 0.258 e. The topological polar surface area (TPSA) is 68.9 Å². The monoisotopic (exact) mass is 458 g/mol. The fourth-order valence-electron chi connectivity index (χ4n) is 4.81. The molecule has 0 atom stereocenters. The van der Waals surface area contributed by atoms with Crippen LogP contribution in [0.2, 0.25) is 0 Å². The van der Waals surface area contributed by atoms with Gasteiger partial charge in [0.2, 0.25) is 0 Å². The average Bonchev–Trinajstić information content (AvgIpc) is 3.27. The molecule has 1 aliphatic rings. The molecular formula is C27H27FN4O2. The predicted octanol–water partition coefficient (Wildman–Crippen LogP) is 4.65. The summed E-state index contributed by atoms with van der Waals surface area (Å²) < 4.78 is 17.7. The summed E-state index contributed by atoms with van der Waals surface area (Å²) >= 11 is 0. The zero-order valence-electron chi connectivity index (χ0n) is 19.1. The molecule has 5 rings (SSSR count). The number of carbonyl (C=O) groups excluding carboxylic acids is 1. The number of amides is 1. The second-order valence-corrected chi connectivity index (χ2v) is 9.05. The molecule has 0 radical (unpaired) electrons. The molecule has 2 heterocycles. The summed E-state index contributed by atoms with van der Waals surface area (Å²) in [6.45, 7) is 0.180. The van der Waals surface area contributed by atoms with E-state index < -0.39 is 5.82 Å². The minimum absolute atomic E-state index is 0.146. The smallest absolute Gasteiger partial charge is 0.258 e. The van der Waals surface area contributed by atoms with E-state index in [0.717, 1.165) is 42.3 Å². The number of aryl methyl sites for hydroxylation is 1. The van der Waals surface area contributed by atoms with Crippen molar-refractivity contribution in [2.45, 2.75) is 44.7 Å². The van der Waals surface area contributed by atoms with Gasteiger partial charge < -0.3 is 9.88 Å². The minimum Gasteiger partial charge on any atom is -0.349 e.